The van der Waals surface area contributed by atoms with Gasteiger partial charge in [-0.15, -0.1) is 0 Å². The zero-order valence-corrected chi connectivity index (χ0v) is 7.50. The average Bonchev–Trinajstić information content (AvgIpc) is 1.30. The SMILES string of the molecule is CC#CC(C)(C)[AsH2]. The van der Waals surface area contributed by atoms with Gasteiger partial charge in [0.05, 0.1) is 0 Å². The second-order valence-electron chi connectivity index (χ2n) is 2.10. The summed E-state index contributed by atoms with van der Waals surface area (Å²) < 4.78 is 0.252. The molecule has 0 radical (unpaired) electrons. The predicted octanol–water partition coefficient (Wildman–Crippen LogP) is 0.841. The van der Waals surface area contributed by atoms with E-state index in [-0.39, 0.29) is 4.20 Å². The molecule has 0 aromatic rings. The first-order valence-corrected chi connectivity index (χ1v) is 3.50. The Labute approximate surface area is 54.2 Å². The summed E-state index contributed by atoms with van der Waals surface area (Å²) in [6.45, 7) is 6.13. The number of rotatable bonds is 0. The third-order valence-corrected chi connectivity index (χ3v) is 0.750. The van der Waals surface area contributed by atoms with Crippen LogP contribution in [-0.4, -0.2) is 16.9 Å². The van der Waals surface area contributed by atoms with Gasteiger partial charge in [-0.3, -0.25) is 0 Å². The molecule has 0 aromatic carbocycles. The maximum atomic E-state index is 3.06. The fourth-order valence-electron chi connectivity index (χ4n) is 0.322. The Kier molecular flexibility index (Phi) is 2.47. The third kappa shape index (κ3) is 6.12. The Morgan fingerprint density at radius 1 is 1.43 bits per heavy atom. The van der Waals surface area contributed by atoms with Crippen molar-refractivity contribution in [2.75, 3.05) is 0 Å². The molecule has 0 bridgehead atoms. The van der Waals surface area contributed by atoms with Crippen LogP contribution in [0.2, 0.25) is 4.20 Å². The Bertz CT molecular complexity index is 97.6. The minimum absolute atomic E-state index is 0.252. The third-order valence-electron chi connectivity index (χ3n) is 0.447. The average molecular weight is 158 g/mol. The molecule has 0 saturated carbocycles. The predicted molar refractivity (Wildman–Crippen MR) is 36.0 cm³/mol. The summed E-state index contributed by atoms with van der Waals surface area (Å²) in [6.07, 6.45) is 0. The van der Waals surface area contributed by atoms with Gasteiger partial charge in [0.1, 0.15) is 0 Å². The zero-order valence-electron chi connectivity index (χ0n) is 5.08. The van der Waals surface area contributed by atoms with E-state index in [4.69, 9.17) is 0 Å². The first kappa shape index (κ1) is 7.12. The fraction of sp³-hybridized carbons (Fsp3) is 0.667. The molecule has 7 heavy (non-hydrogen) atoms. The van der Waals surface area contributed by atoms with Gasteiger partial charge in [-0.2, -0.15) is 0 Å². The van der Waals surface area contributed by atoms with Crippen molar-refractivity contribution in [2.24, 2.45) is 0 Å². The van der Waals surface area contributed by atoms with Gasteiger partial charge >= 0.3 is 53.7 Å². The molecule has 1 heteroatoms. The van der Waals surface area contributed by atoms with Gasteiger partial charge in [-0.1, -0.05) is 0 Å². The molecule has 1 atom stereocenters. The van der Waals surface area contributed by atoms with Gasteiger partial charge in [0.2, 0.25) is 0 Å². The van der Waals surface area contributed by atoms with Gasteiger partial charge in [0.15, 0.2) is 0 Å². The molecule has 0 rings (SSSR count). The van der Waals surface area contributed by atoms with Crippen molar-refractivity contribution in [2.45, 2.75) is 25.0 Å². The van der Waals surface area contributed by atoms with E-state index in [1.807, 2.05) is 6.92 Å². The van der Waals surface area contributed by atoms with Crippen LogP contribution in [0.15, 0.2) is 0 Å². The Morgan fingerprint density at radius 3 is 1.86 bits per heavy atom. The summed E-state index contributed by atoms with van der Waals surface area (Å²) in [6, 6.07) is 0. The molecule has 0 N–H and O–H groups in total. The molecule has 0 aliphatic heterocycles. The Hall–Kier alpha value is 0.118. The molecule has 0 fully saturated rings. The minimum atomic E-state index is 0.252. The maximum absolute atomic E-state index is 3.06. The van der Waals surface area contributed by atoms with Crippen LogP contribution in [0, 0.1) is 11.8 Å². The number of hydrogen-bond donors (Lipinski definition) is 0. The molecule has 0 aromatic heterocycles. The van der Waals surface area contributed by atoms with Gasteiger partial charge in [-0.05, 0) is 0 Å². The quantitative estimate of drug-likeness (QED) is 0.362. The van der Waals surface area contributed by atoms with Gasteiger partial charge < -0.3 is 0 Å². The molecule has 40 valence electrons. The van der Waals surface area contributed by atoms with E-state index >= 15 is 0 Å². The summed E-state index contributed by atoms with van der Waals surface area (Å²) in [7, 11) is 0. The second-order valence-corrected chi connectivity index (χ2v) is 5.12. The van der Waals surface area contributed by atoms with Gasteiger partial charge in [0, 0.05) is 0 Å². The summed E-state index contributed by atoms with van der Waals surface area (Å²) >= 11 is 1.68. The number of hydrogen-bond acceptors (Lipinski definition) is 0. The van der Waals surface area contributed by atoms with E-state index in [0.717, 1.165) is 0 Å². The van der Waals surface area contributed by atoms with Gasteiger partial charge in [0.25, 0.3) is 0 Å². The molecular weight excluding hydrogens is 147 g/mol. The van der Waals surface area contributed by atoms with E-state index < -0.39 is 0 Å². The van der Waals surface area contributed by atoms with Crippen molar-refractivity contribution in [3.63, 3.8) is 0 Å². The molecule has 0 saturated heterocycles. The Morgan fingerprint density at radius 2 is 1.86 bits per heavy atom. The van der Waals surface area contributed by atoms with Crippen LogP contribution in [0.4, 0.5) is 0 Å². The molecule has 0 aliphatic carbocycles. The van der Waals surface area contributed by atoms with E-state index in [2.05, 4.69) is 25.7 Å². The van der Waals surface area contributed by atoms with Crippen molar-refractivity contribution < 1.29 is 0 Å². The van der Waals surface area contributed by atoms with Crippen LogP contribution in [-0.2, 0) is 0 Å². The molecule has 0 heterocycles. The van der Waals surface area contributed by atoms with Crippen molar-refractivity contribution >= 4 is 16.9 Å². The van der Waals surface area contributed by atoms with Crippen LogP contribution in [0.1, 0.15) is 20.8 Å². The molecule has 0 nitrogen and oxygen atoms in total. The van der Waals surface area contributed by atoms with E-state index in [9.17, 15) is 0 Å². The monoisotopic (exact) mass is 158 g/mol. The molecular formula is C6H11As. The second kappa shape index (κ2) is 2.43. The summed E-state index contributed by atoms with van der Waals surface area (Å²) in [5.41, 5.74) is 0. The van der Waals surface area contributed by atoms with Crippen molar-refractivity contribution in [3.8, 4) is 11.8 Å². The van der Waals surface area contributed by atoms with E-state index in [1.54, 1.807) is 16.9 Å². The zero-order chi connectivity index (χ0) is 5.91. The topological polar surface area (TPSA) is 0 Å². The van der Waals surface area contributed by atoms with Crippen LogP contribution >= 0.6 is 0 Å². The molecule has 1 unspecified atom stereocenters. The fourth-order valence-corrected chi connectivity index (χ4v) is 0.625. The molecule has 0 spiro atoms. The summed E-state index contributed by atoms with van der Waals surface area (Å²) in [5.74, 6) is 5.94. The van der Waals surface area contributed by atoms with Crippen LogP contribution in [0.3, 0.4) is 0 Å². The van der Waals surface area contributed by atoms with Crippen molar-refractivity contribution in [3.05, 3.63) is 0 Å². The first-order valence-electron chi connectivity index (χ1n) is 2.29. The normalized spacial score (nSPS) is 9.71. The van der Waals surface area contributed by atoms with Crippen molar-refractivity contribution in [1.82, 2.24) is 0 Å². The molecule has 0 aliphatic rings. The summed E-state index contributed by atoms with van der Waals surface area (Å²) in [4.78, 5) is 0. The first-order chi connectivity index (χ1) is 3.06. The Balaban J connectivity index is 3.72. The standard InChI is InChI=1S/C6H11As/c1-4-5-6(2,3)7/h7H2,1-3H3. The van der Waals surface area contributed by atoms with E-state index in [1.165, 1.54) is 0 Å². The molecule has 0 amide bonds. The van der Waals surface area contributed by atoms with Gasteiger partial charge in [-0.25, -0.2) is 0 Å². The van der Waals surface area contributed by atoms with Crippen LogP contribution < -0.4 is 0 Å². The van der Waals surface area contributed by atoms with Crippen LogP contribution in [0.5, 0.6) is 0 Å². The summed E-state index contributed by atoms with van der Waals surface area (Å²) in [5, 5.41) is 0. The van der Waals surface area contributed by atoms with E-state index in [0.29, 0.717) is 0 Å². The van der Waals surface area contributed by atoms with Crippen LogP contribution in [0.25, 0.3) is 0 Å². The van der Waals surface area contributed by atoms with Crippen molar-refractivity contribution in [1.29, 1.82) is 0 Å².